The molecule has 13 aromatic rings. The van der Waals surface area contributed by atoms with Gasteiger partial charge in [0.15, 0.2) is 23.2 Å². The largest absolute Gasteiger partial charge is 0.309 e. The van der Waals surface area contributed by atoms with Crippen molar-refractivity contribution in [1.29, 1.82) is 5.26 Å². The monoisotopic (exact) mass is 917 g/mol. The number of nitrogens with zero attached hydrogens (tertiary/aromatic N) is 7. The van der Waals surface area contributed by atoms with Crippen LogP contribution in [0.5, 0.6) is 0 Å². The van der Waals surface area contributed by atoms with Gasteiger partial charge in [-0.2, -0.15) is 5.26 Å². The molecule has 0 atom stereocenters. The van der Waals surface area contributed by atoms with Gasteiger partial charge in [-0.3, -0.25) is 0 Å². The van der Waals surface area contributed by atoms with Gasteiger partial charge in [0.1, 0.15) is 0 Å². The van der Waals surface area contributed by atoms with Crippen molar-refractivity contribution in [2.24, 2.45) is 0 Å². The van der Waals surface area contributed by atoms with Crippen LogP contribution in [-0.2, 0) is 0 Å². The standard InChI is InChI=1S/C65H39N7/c1-67-56-29-15-13-26-50(56)45-33-36-59-54(39-45)53-38-44(49-25-12-11-22-47(49)41-66)32-35-58(53)72(59)60-37-34-46(51-28-17-31-61-62(51)52-27-14-16-30-57(52)71(61)48-23-9-4-10-24-48)40-55(60)65-69-63(42-18-5-2-6-19-42)68-64(70-65)43-20-7-3-8-21-43/h2-40H. The lowest BCUT2D eigenvalue weighted by Gasteiger charge is -2.17. The molecule has 7 nitrogen and oxygen atoms in total. The van der Waals surface area contributed by atoms with Crippen LogP contribution >= 0.6 is 0 Å². The highest BCUT2D eigenvalue weighted by Gasteiger charge is 2.23. The van der Waals surface area contributed by atoms with Crippen molar-refractivity contribution in [1.82, 2.24) is 24.1 Å². The van der Waals surface area contributed by atoms with Gasteiger partial charge >= 0.3 is 0 Å². The first-order chi connectivity index (χ1) is 35.6. The summed E-state index contributed by atoms with van der Waals surface area (Å²) in [5, 5.41) is 14.5. The first kappa shape index (κ1) is 41.9. The lowest BCUT2D eigenvalue weighted by atomic mass is 9.96. The molecule has 0 saturated carbocycles. The lowest BCUT2D eigenvalue weighted by Crippen LogP contribution is -2.04. The van der Waals surface area contributed by atoms with E-state index < -0.39 is 0 Å². The summed E-state index contributed by atoms with van der Waals surface area (Å²) in [6.07, 6.45) is 0. The Morgan fingerprint density at radius 2 is 0.889 bits per heavy atom. The van der Waals surface area contributed by atoms with Gasteiger partial charge in [-0.25, -0.2) is 19.8 Å². The fraction of sp³-hybridized carbons (Fsp3) is 0. The second kappa shape index (κ2) is 17.4. The van der Waals surface area contributed by atoms with Crippen LogP contribution in [-0.4, -0.2) is 24.1 Å². The van der Waals surface area contributed by atoms with Gasteiger partial charge < -0.3 is 9.13 Å². The summed E-state index contributed by atoms with van der Waals surface area (Å²) >= 11 is 0. The Kier molecular flexibility index (Phi) is 10.1. The molecule has 0 saturated heterocycles. The smallest absolute Gasteiger partial charge is 0.194 e. The number of aromatic nitrogens is 5. The second-order valence-electron chi connectivity index (χ2n) is 17.7. The van der Waals surface area contributed by atoms with E-state index >= 15 is 0 Å². The van der Waals surface area contributed by atoms with E-state index in [4.69, 9.17) is 21.5 Å². The highest BCUT2D eigenvalue weighted by atomic mass is 15.1. The predicted molar refractivity (Wildman–Crippen MR) is 292 cm³/mol. The molecule has 13 rings (SSSR count). The Morgan fingerprint density at radius 1 is 0.375 bits per heavy atom. The number of fused-ring (bicyclic) bond motifs is 6. The first-order valence-corrected chi connectivity index (χ1v) is 23.8. The van der Waals surface area contributed by atoms with Crippen LogP contribution < -0.4 is 0 Å². The third kappa shape index (κ3) is 7.00. The fourth-order valence-electron chi connectivity index (χ4n) is 10.4. The molecule has 0 aliphatic heterocycles. The van der Waals surface area contributed by atoms with Crippen LogP contribution in [0.2, 0.25) is 0 Å². The van der Waals surface area contributed by atoms with Crippen molar-refractivity contribution in [2.75, 3.05) is 0 Å². The third-order valence-electron chi connectivity index (χ3n) is 13.7. The maximum atomic E-state index is 10.2. The average molecular weight is 918 g/mol. The maximum Gasteiger partial charge on any atom is 0.194 e. The molecule has 0 unspecified atom stereocenters. The van der Waals surface area contributed by atoms with E-state index in [9.17, 15) is 5.26 Å². The normalized spacial score (nSPS) is 11.3. The molecule has 3 heterocycles. The molecule has 0 spiro atoms. The summed E-state index contributed by atoms with van der Waals surface area (Å²) in [5.74, 6) is 1.65. The summed E-state index contributed by atoms with van der Waals surface area (Å²) in [5.41, 5.74) is 15.6. The number of para-hydroxylation sites is 3. The van der Waals surface area contributed by atoms with Crippen LogP contribution in [0.3, 0.4) is 0 Å². The minimum absolute atomic E-state index is 0.524. The molecule has 10 aromatic carbocycles. The highest BCUT2D eigenvalue weighted by molar-refractivity contribution is 6.16. The summed E-state index contributed by atoms with van der Waals surface area (Å²) in [7, 11) is 0. The molecular weight excluding hydrogens is 879 g/mol. The van der Waals surface area contributed by atoms with Crippen molar-refractivity contribution < 1.29 is 0 Å². The Hall–Kier alpha value is -10.2. The fourth-order valence-corrected chi connectivity index (χ4v) is 10.4. The van der Waals surface area contributed by atoms with E-state index in [1.807, 2.05) is 109 Å². The average Bonchev–Trinajstić information content (AvgIpc) is 3.97. The van der Waals surface area contributed by atoms with Gasteiger partial charge in [0.25, 0.3) is 0 Å². The van der Waals surface area contributed by atoms with Crippen LogP contribution in [0.15, 0.2) is 237 Å². The van der Waals surface area contributed by atoms with E-state index in [-0.39, 0.29) is 0 Å². The molecule has 3 aromatic heterocycles. The molecule has 0 aliphatic rings. The third-order valence-corrected chi connectivity index (χ3v) is 13.7. The number of hydrogen-bond acceptors (Lipinski definition) is 4. The molecule has 0 aliphatic carbocycles. The van der Waals surface area contributed by atoms with Crippen LogP contribution in [0.1, 0.15) is 5.56 Å². The molecule has 7 heteroatoms. The van der Waals surface area contributed by atoms with Crippen molar-refractivity contribution in [3.63, 3.8) is 0 Å². The molecule has 334 valence electrons. The van der Waals surface area contributed by atoms with Crippen molar-refractivity contribution in [3.05, 3.63) is 254 Å². The predicted octanol–water partition coefficient (Wildman–Crippen LogP) is 16.5. The summed E-state index contributed by atoms with van der Waals surface area (Å²) in [4.78, 5) is 19.7. The van der Waals surface area contributed by atoms with E-state index in [2.05, 4.69) is 147 Å². The molecular formula is C65H39N7. The van der Waals surface area contributed by atoms with Crippen LogP contribution in [0.25, 0.3) is 127 Å². The number of rotatable bonds is 8. The zero-order valence-electron chi connectivity index (χ0n) is 38.6. The minimum Gasteiger partial charge on any atom is -0.309 e. The summed E-state index contributed by atoms with van der Waals surface area (Å²) in [6.45, 7) is 8.03. The van der Waals surface area contributed by atoms with E-state index in [1.165, 1.54) is 0 Å². The van der Waals surface area contributed by atoms with Gasteiger partial charge in [-0.15, -0.1) is 0 Å². The Bertz CT molecular complexity index is 4180. The molecule has 0 amide bonds. The highest BCUT2D eigenvalue weighted by Crippen LogP contribution is 2.44. The van der Waals surface area contributed by atoms with Gasteiger partial charge in [0, 0.05) is 43.9 Å². The topological polar surface area (TPSA) is 76.7 Å². The molecule has 0 bridgehead atoms. The quantitative estimate of drug-likeness (QED) is 0.142. The molecule has 0 radical (unpaired) electrons. The number of benzene rings is 10. The lowest BCUT2D eigenvalue weighted by molar-refractivity contribution is 1.06. The van der Waals surface area contributed by atoms with Crippen LogP contribution in [0.4, 0.5) is 5.69 Å². The van der Waals surface area contributed by atoms with Crippen molar-refractivity contribution in [2.45, 2.75) is 0 Å². The number of nitriles is 1. The molecule has 0 fully saturated rings. The molecule has 72 heavy (non-hydrogen) atoms. The number of hydrogen-bond donors (Lipinski definition) is 0. The van der Waals surface area contributed by atoms with Gasteiger partial charge in [0.2, 0.25) is 0 Å². The van der Waals surface area contributed by atoms with Crippen molar-refractivity contribution >= 4 is 49.3 Å². The maximum absolute atomic E-state index is 10.2. The Balaban J connectivity index is 1.13. The van der Waals surface area contributed by atoms with E-state index in [1.54, 1.807) is 0 Å². The zero-order valence-corrected chi connectivity index (χ0v) is 38.6. The summed E-state index contributed by atoms with van der Waals surface area (Å²) < 4.78 is 4.66. The SMILES string of the molecule is [C-]#[N+]c1ccccc1-c1ccc2c(c1)c1cc(-c3ccccc3C#N)ccc1n2-c1ccc(-c2cccc3c2c2ccccc2n3-c2ccccc2)cc1-c1nc(-c2ccccc2)nc(-c2ccccc2)n1. The van der Waals surface area contributed by atoms with E-state index in [0.29, 0.717) is 28.7 Å². The van der Waals surface area contributed by atoms with E-state index in [0.717, 1.165) is 105 Å². The summed E-state index contributed by atoms with van der Waals surface area (Å²) in [6, 6.07) is 83.3. The second-order valence-corrected chi connectivity index (χ2v) is 17.7. The Morgan fingerprint density at radius 3 is 1.57 bits per heavy atom. The van der Waals surface area contributed by atoms with Gasteiger partial charge in [-0.05, 0) is 100 Å². The minimum atomic E-state index is 0.524. The van der Waals surface area contributed by atoms with Gasteiger partial charge in [0.05, 0.1) is 46.0 Å². The molecule has 0 N–H and O–H groups in total. The zero-order chi connectivity index (χ0) is 48.1. The Labute approximate surface area is 415 Å². The van der Waals surface area contributed by atoms with Crippen LogP contribution in [0, 0.1) is 17.9 Å². The first-order valence-electron chi connectivity index (χ1n) is 23.8. The van der Waals surface area contributed by atoms with Gasteiger partial charge in [-0.1, -0.05) is 170 Å². The van der Waals surface area contributed by atoms with Crippen molar-refractivity contribution in [3.8, 4) is 85.0 Å².